The van der Waals surface area contributed by atoms with Crippen molar-refractivity contribution in [2.24, 2.45) is 4.99 Å². The van der Waals surface area contributed by atoms with Gasteiger partial charge in [-0.2, -0.15) is 0 Å². The number of nitrogens with zero attached hydrogens (tertiary/aromatic N) is 3. The van der Waals surface area contributed by atoms with Crippen LogP contribution < -0.4 is 10.6 Å². The summed E-state index contributed by atoms with van der Waals surface area (Å²) in [6, 6.07) is 8.17. The average Bonchev–Trinajstić information content (AvgIpc) is 3.16. The van der Waals surface area contributed by atoms with E-state index in [0.29, 0.717) is 12.4 Å². The zero-order chi connectivity index (χ0) is 19.5. The van der Waals surface area contributed by atoms with Crippen LogP contribution in [0.15, 0.2) is 39.9 Å². The lowest BCUT2D eigenvalue weighted by molar-refractivity contribution is 0.297. The van der Waals surface area contributed by atoms with Crippen molar-refractivity contribution in [3.05, 3.63) is 41.8 Å². The van der Waals surface area contributed by atoms with E-state index in [1.54, 1.807) is 13.3 Å². The Morgan fingerprint density at radius 3 is 2.46 bits per heavy atom. The fraction of sp³-hybridized carbons (Fsp3) is 0.524. The summed E-state index contributed by atoms with van der Waals surface area (Å²) in [5.41, 5.74) is 3.07. The van der Waals surface area contributed by atoms with Crippen LogP contribution in [0.2, 0.25) is 0 Å². The fourth-order valence-corrected chi connectivity index (χ4v) is 2.82. The number of aromatic nitrogens is 1. The van der Waals surface area contributed by atoms with Crippen molar-refractivity contribution in [3.63, 3.8) is 0 Å². The summed E-state index contributed by atoms with van der Waals surface area (Å²) in [5, 5.41) is 6.64. The van der Waals surface area contributed by atoms with Gasteiger partial charge in [-0.1, -0.05) is 31.5 Å². The Labute approximate surface area is 186 Å². The van der Waals surface area contributed by atoms with E-state index in [1.807, 2.05) is 12.1 Å². The van der Waals surface area contributed by atoms with Crippen molar-refractivity contribution in [3.8, 4) is 11.5 Å². The lowest BCUT2D eigenvalue weighted by Gasteiger charge is -2.17. The lowest BCUT2D eigenvalue weighted by atomic mass is 10.1. The van der Waals surface area contributed by atoms with Crippen molar-refractivity contribution in [1.29, 1.82) is 0 Å². The van der Waals surface area contributed by atoms with Gasteiger partial charge in [0.2, 0.25) is 5.89 Å². The number of guanidine groups is 1. The van der Waals surface area contributed by atoms with Crippen molar-refractivity contribution < 1.29 is 4.42 Å². The van der Waals surface area contributed by atoms with Crippen molar-refractivity contribution in [1.82, 2.24) is 20.5 Å². The molecule has 7 heteroatoms. The molecule has 2 aromatic rings. The third-order valence-electron chi connectivity index (χ3n) is 4.60. The van der Waals surface area contributed by atoms with Gasteiger partial charge in [0.05, 0.1) is 12.2 Å². The molecule has 1 aromatic heterocycles. The smallest absolute Gasteiger partial charge is 0.226 e. The molecule has 0 radical (unpaired) electrons. The second-order valence-corrected chi connectivity index (χ2v) is 6.60. The minimum atomic E-state index is 0. The molecule has 1 aromatic carbocycles. The molecular weight excluding hydrogens is 465 g/mol. The molecule has 0 aliphatic rings. The van der Waals surface area contributed by atoms with Gasteiger partial charge in [-0.25, -0.2) is 4.98 Å². The standard InChI is InChI=1S/C21H33N5O.HI/c1-5-26(6-2)14-8-7-13-23-21(22-4)24-15-19-16-27-20(25-19)18-11-9-17(3)10-12-18;/h9-12,16H,5-8,13-15H2,1-4H3,(H2,22,23,24);1H. The molecule has 6 nitrogen and oxygen atoms in total. The Hall–Kier alpha value is -1.61. The number of oxazole rings is 1. The highest BCUT2D eigenvalue weighted by Crippen LogP contribution is 2.18. The predicted octanol–water partition coefficient (Wildman–Crippen LogP) is 4.06. The van der Waals surface area contributed by atoms with Crippen LogP contribution in [0.5, 0.6) is 0 Å². The highest BCUT2D eigenvalue weighted by atomic mass is 127. The normalized spacial score (nSPS) is 11.4. The Morgan fingerprint density at radius 2 is 1.82 bits per heavy atom. The molecule has 0 unspecified atom stereocenters. The summed E-state index contributed by atoms with van der Waals surface area (Å²) in [4.78, 5) is 11.3. The number of unbranched alkanes of at least 4 members (excludes halogenated alkanes) is 1. The lowest BCUT2D eigenvalue weighted by Crippen LogP contribution is -2.37. The highest BCUT2D eigenvalue weighted by molar-refractivity contribution is 14.0. The van der Waals surface area contributed by atoms with Crippen molar-refractivity contribution in [2.75, 3.05) is 33.2 Å². The molecule has 0 saturated carbocycles. The Bertz CT molecular complexity index is 695. The quantitative estimate of drug-likeness (QED) is 0.224. The number of rotatable bonds is 10. The summed E-state index contributed by atoms with van der Waals surface area (Å²) in [7, 11) is 1.78. The largest absolute Gasteiger partial charge is 0.444 e. The van der Waals surface area contributed by atoms with Crippen molar-refractivity contribution >= 4 is 29.9 Å². The molecule has 0 saturated heterocycles. The van der Waals surface area contributed by atoms with Gasteiger partial charge in [0.15, 0.2) is 5.96 Å². The minimum Gasteiger partial charge on any atom is -0.444 e. The Balaban J connectivity index is 0.00000392. The number of benzene rings is 1. The molecular formula is C21H34IN5O. The first kappa shape index (κ1) is 24.4. The molecule has 1 heterocycles. The van der Waals surface area contributed by atoms with Crippen LogP contribution in [0.1, 0.15) is 37.9 Å². The van der Waals surface area contributed by atoms with Gasteiger partial charge in [-0.3, -0.25) is 4.99 Å². The molecule has 0 bridgehead atoms. The van der Waals surface area contributed by atoms with Gasteiger partial charge in [-0.15, -0.1) is 24.0 Å². The monoisotopic (exact) mass is 499 g/mol. The van der Waals surface area contributed by atoms with Crippen LogP contribution in [0.4, 0.5) is 0 Å². The van der Waals surface area contributed by atoms with Crippen molar-refractivity contribution in [2.45, 2.75) is 40.2 Å². The number of aliphatic imine (C=N–C) groups is 1. The molecule has 28 heavy (non-hydrogen) atoms. The number of aryl methyl sites for hydroxylation is 1. The average molecular weight is 499 g/mol. The highest BCUT2D eigenvalue weighted by Gasteiger charge is 2.07. The molecule has 0 spiro atoms. The maximum absolute atomic E-state index is 5.60. The van der Waals surface area contributed by atoms with E-state index in [1.165, 1.54) is 12.0 Å². The SMILES string of the molecule is CCN(CC)CCCCNC(=NC)NCc1coc(-c2ccc(C)cc2)n1.I. The van der Waals surface area contributed by atoms with Crippen LogP contribution in [-0.2, 0) is 6.54 Å². The number of hydrogen-bond acceptors (Lipinski definition) is 4. The van der Waals surface area contributed by atoms with Gasteiger partial charge in [0, 0.05) is 19.2 Å². The molecule has 0 aliphatic heterocycles. The predicted molar refractivity (Wildman–Crippen MR) is 127 cm³/mol. The summed E-state index contributed by atoms with van der Waals surface area (Å²) < 4.78 is 5.60. The molecule has 0 fully saturated rings. The first-order valence-corrected chi connectivity index (χ1v) is 9.84. The number of nitrogens with one attached hydrogen (secondary N) is 2. The molecule has 156 valence electrons. The van der Waals surface area contributed by atoms with Gasteiger partial charge in [0.25, 0.3) is 0 Å². The van der Waals surface area contributed by atoms with Crippen LogP contribution in [0.3, 0.4) is 0 Å². The first-order chi connectivity index (χ1) is 13.2. The third-order valence-corrected chi connectivity index (χ3v) is 4.60. The van der Waals surface area contributed by atoms with Gasteiger partial charge >= 0.3 is 0 Å². The molecule has 0 atom stereocenters. The van der Waals surface area contributed by atoms with E-state index in [9.17, 15) is 0 Å². The summed E-state index contributed by atoms with van der Waals surface area (Å²) in [6.07, 6.45) is 4.01. The van der Waals surface area contributed by atoms with Crippen LogP contribution in [-0.4, -0.2) is 49.1 Å². The second kappa shape index (κ2) is 13.5. The van der Waals surface area contributed by atoms with Gasteiger partial charge in [-0.05, 0) is 51.5 Å². The fourth-order valence-electron chi connectivity index (χ4n) is 2.82. The topological polar surface area (TPSA) is 65.7 Å². The van der Waals surface area contributed by atoms with E-state index in [0.717, 1.165) is 49.8 Å². The van der Waals surface area contributed by atoms with Crippen LogP contribution in [0.25, 0.3) is 11.5 Å². The van der Waals surface area contributed by atoms with Crippen LogP contribution >= 0.6 is 24.0 Å². The summed E-state index contributed by atoms with van der Waals surface area (Å²) in [6.45, 7) is 11.4. The number of hydrogen-bond donors (Lipinski definition) is 2. The Morgan fingerprint density at radius 1 is 1.11 bits per heavy atom. The molecule has 2 rings (SSSR count). The Kier molecular flexibility index (Phi) is 11.8. The summed E-state index contributed by atoms with van der Waals surface area (Å²) >= 11 is 0. The number of halogens is 1. The molecule has 0 aliphatic carbocycles. The minimum absolute atomic E-state index is 0. The zero-order valence-corrected chi connectivity index (χ0v) is 19.8. The second-order valence-electron chi connectivity index (χ2n) is 6.60. The van der Waals surface area contributed by atoms with Crippen LogP contribution in [0, 0.1) is 6.92 Å². The van der Waals surface area contributed by atoms with E-state index in [2.05, 4.69) is 58.4 Å². The van der Waals surface area contributed by atoms with E-state index in [4.69, 9.17) is 4.42 Å². The molecule has 2 N–H and O–H groups in total. The van der Waals surface area contributed by atoms with E-state index >= 15 is 0 Å². The third kappa shape index (κ3) is 8.18. The van der Waals surface area contributed by atoms with Gasteiger partial charge < -0.3 is 20.0 Å². The maximum atomic E-state index is 5.60. The summed E-state index contributed by atoms with van der Waals surface area (Å²) in [5.74, 6) is 1.43. The maximum Gasteiger partial charge on any atom is 0.226 e. The zero-order valence-electron chi connectivity index (χ0n) is 17.5. The molecule has 0 amide bonds. The van der Waals surface area contributed by atoms with E-state index in [-0.39, 0.29) is 24.0 Å². The first-order valence-electron chi connectivity index (χ1n) is 9.84. The van der Waals surface area contributed by atoms with Gasteiger partial charge in [0.1, 0.15) is 6.26 Å². The van der Waals surface area contributed by atoms with E-state index < -0.39 is 0 Å².